The van der Waals surface area contributed by atoms with Gasteiger partial charge in [-0.2, -0.15) is 0 Å². The van der Waals surface area contributed by atoms with Crippen LogP contribution in [-0.2, 0) is 9.59 Å². The molecule has 1 aromatic rings. The van der Waals surface area contributed by atoms with Gasteiger partial charge in [0.15, 0.2) is 0 Å². The number of amides is 1. The van der Waals surface area contributed by atoms with Gasteiger partial charge in [-0.1, -0.05) is 23.2 Å². The van der Waals surface area contributed by atoms with Crippen molar-refractivity contribution in [2.24, 2.45) is 5.41 Å². The Morgan fingerprint density at radius 3 is 2.33 bits per heavy atom. The second kappa shape index (κ2) is 5.80. The van der Waals surface area contributed by atoms with Gasteiger partial charge < -0.3 is 15.2 Å². The molecule has 18 heavy (non-hydrogen) atoms. The molecule has 2 rings (SSSR count). The summed E-state index contributed by atoms with van der Waals surface area (Å²) < 4.78 is 0. The SMILES string of the molecule is O=C([O-])C1(C(=O)Nc2ccc(Cl)cc2Cl)CC1.[Na+]. The van der Waals surface area contributed by atoms with Gasteiger partial charge in [-0.05, 0) is 31.0 Å². The van der Waals surface area contributed by atoms with Crippen molar-refractivity contribution in [1.82, 2.24) is 0 Å². The van der Waals surface area contributed by atoms with E-state index in [0.29, 0.717) is 23.6 Å². The Bertz CT molecular complexity index is 503. The van der Waals surface area contributed by atoms with Gasteiger partial charge in [-0.25, -0.2) is 0 Å². The third-order valence-electron chi connectivity index (χ3n) is 2.75. The molecule has 1 N–H and O–H groups in total. The van der Waals surface area contributed by atoms with Crippen LogP contribution in [0, 0.1) is 5.41 Å². The summed E-state index contributed by atoms with van der Waals surface area (Å²) in [6, 6.07) is 4.55. The number of aliphatic carboxylic acids is 1. The van der Waals surface area contributed by atoms with Gasteiger partial charge in [0.25, 0.3) is 0 Å². The zero-order valence-electron chi connectivity index (χ0n) is 9.63. The van der Waals surface area contributed by atoms with Crippen LogP contribution in [0.3, 0.4) is 0 Å². The van der Waals surface area contributed by atoms with Crippen LogP contribution in [0.1, 0.15) is 12.8 Å². The number of carboxylic acid groups (broad SMARTS) is 1. The van der Waals surface area contributed by atoms with Crippen LogP contribution in [0.5, 0.6) is 0 Å². The fourth-order valence-electron chi connectivity index (χ4n) is 1.48. The van der Waals surface area contributed by atoms with Crippen molar-refractivity contribution >= 4 is 40.8 Å². The first-order valence-corrected chi connectivity index (χ1v) is 5.69. The molecule has 0 bridgehead atoms. The van der Waals surface area contributed by atoms with Crippen molar-refractivity contribution in [3.8, 4) is 0 Å². The normalized spacial score (nSPS) is 15.4. The molecule has 90 valence electrons. The zero-order chi connectivity index (χ0) is 12.6. The molecule has 4 nitrogen and oxygen atoms in total. The smallest absolute Gasteiger partial charge is 0.549 e. The zero-order valence-corrected chi connectivity index (χ0v) is 13.1. The van der Waals surface area contributed by atoms with Crippen molar-refractivity contribution in [2.45, 2.75) is 12.8 Å². The van der Waals surface area contributed by atoms with Crippen molar-refractivity contribution in [3.63, 3.8) is 0 Å². The minimum Gasteiger partial charge on any atom is -0.549 e. The maximum Gasteiger partial charge on any atom is 1.00 e. The van der Waals surface area contributed by atoms with Gasteiger partial charge in [-0.15, -0.1) is 0 Å². The van der Waals surface area contributed by atoms with Crippen molar-refractivity contribution in [3.05, 3.63) is 28.2 Å². The molecule has 1 amide bonds. The summed E-state index contributed by atoms with van der Waals surface area (Å²) in [6.45, 7) is 0. The summed E-state index contributed by atoms with van der Waals surface area (Å²) in [7, 11) is 0. The number of nitrogens with one attached hydrogen (secondary N) is 1. The fraction of sp³-hybridized carbons (Fsp3) is 0.273. The molecule has 0 unspecified atom stereocenters. The Labute approximate surface area is 136 Å². The molecule has 0 aromatic heterocycles. The number of hydrogen-bond acceptors (Lipinski definition) is 3. The maximum absolute atomic E-state index is 11.8. The second-order valence-corrected chi connectivity index (χ2v) is 4.79. The molecular formula is C11H8Cl2NNaO3. The molecular weight excluding hydrogens is 288 g/mol. The van der Waals surface area contributed by atoms with Crippen LogP contribution in [0.15, 0.2) is 18.2 Å². The molecule has 7 heteroatoms. The minimum atomic E-state index is -1.39. The maximum atomic E-state index is 11.8. The number of halogens is 2. The summed E-state index contributed by atoms with van der Waals surface area (Å²) >= 11 is 11.6. The Hall–Kier alpha value is -0.260. The molecule has 0 aliphatic heterocycles. The van der Waals surface area contributed by atoms with E-state index in [1.165, 1.54) is 12.1 Å². The topological polar surface area (TPSA) is 69.2 Å². The van der Waals surface area contributed by atoms with Crippen LogP contribution in [-0.4, -0.2) is 11.9 Å². The van der Waals surface area contributed by atoms with E-state index in [2.05, 4.69) is 5.32 Å². The molecule has 1 saturated carbocycles. The van der Waals surface area contributed by atoms with Crippen molar-refractivity contribution in [2.75, 3.05) is 5.32 Å². The first kappa shape index (κ1) is 15.8. The van der Waals surface area contributed by atoms with Crippen molar-refractivity contribution < 1.29 is 44.3 Å². The van der Waals surface area contributed by atoms with Gasteiger partial charge in [0, 0.05) is 5.02 Å². The first-order chi connectivity index (χ1) is 7.95. The second-order valence-electron chi connectivity index (χ2n) is 3.95. The Morgan fingerprint density at radius 2 is 1.89 bits per heavy atom. The molecule has 0 radical (unpaired) electrons. The molecule has 1 aromatic carbocycles. The van der Waals surface area contributed by atoms with Crippen LogP contribution in [0.25, 0.3) is 0 Å². The minimum absolute atomic E-state index is 0. The predicted molar refractivity (Wildman–Crippen MR) is 61.8 cm³/mol. The van der Waals surface area contributed by atoms with Crippen LogP contribution in [0.4, 0.5) is 5.69 Å². The molecule has 1 aliphatic carbocycles. The Kier molecular flexibility index (Phi) is 5.09. The molecule has 0 saturated heterocycles. The number of carbonyl (C=O) groups is 2. The molecule has 0 heterocycles. The number of carboxylic acids is 1. The Morgan fingerprint density at radius 1 is 1.28 bits per heavy atom. The molecule has 1 fully saturated rings. The summed E-state index contributed by atoms with van der Waals surface area (Å²) in [5.74, 6) is -1.94. The van der Waals surface area contributed by atoms with E-state index in [1.54, 1.807) is 6.07 Å². The Balaban J connectivity index is 0.00000162. The van der Waals surface area contributed by atoms with Gasteiger partial charge in [0.2, 0.25) is 5.91 Å². The number of carbonyl (C=O) groups excluding carboxylic acids is 2. The predicted octanol–water partition coefficient (Wildman–Crippen LogP) is -1.53. The molecule has 0 atom stereocenters. The number of rotatable bonds is 3. The summed E-state index contributed by atoms with van der Waals surface area (Å²) in [4.78, 5) is 22.6. The monoisotopic (exact) mass is 295 g/mol. The van der Waals surface area contributed by atoms with Crippen LogP contribution in [0.2, 0.25) is 10.0 Å². The van der Waals surface area contributed by atoms with Gasteiger partial charge >= 0.3 is 29.6 Å². The largest absolute Gasteiger partial charge is 1.00 e. The quantitative estimate of drug-likeness (QED) is 0.543. The van der Waals surface area contributed by atoms with E-state index in [1.807, 2.05) is 0 Å². The fourth-order valence-corrected chi connectivity index (χ4v) is 1.94. The van der Waals surface area contributed by atoms with E-state index in [-0.39, 0.29) is 34.6 Å². The van der Waals surface area contributed by atoms with Crippen LogP contribution < -0.4 is 40.0 Å². The molecule has 0 spiro atoms. The average Bonchev–Trinajstić information content (AvgIpc) is 3.02. The van der Waals surface area contributed by atoms with E-state index < -0.39 is 17.3 Å². The summed E-state index contributed by atoms with van der Waals surface area (Å²) in [5, 5.41) is 14.0. The van der Waals surface area contributed by atoms with Crippen molar-refractivity contribution in [1.29, 1.82) is 0 Å². The average molecular weight is 296 g/mol. The van der Waals surface area contributed by atoms with Gasteiger partial charge in [0.05, 0.1) is 22.1 Å². The van der Waals surface area contributed by atoms with E-state index in [9.17, 15) is 14.7 Å². The van der Waals surface area contributed by atoms with Gasteiger partial charge in [0.1, 0.15) is 0 Å². The standard InChI is InChI=1S/C11H9Cl2NO3.Na/c12-6-1-2-8(7(13)5-6)14-9(15)11(3-4-11)10(16)17;/h1-2,5H,3-4H2,(H,14,15)(H,16,17);/q;+1/p-1. The number of anilines is 1. The third-order valence-corrected chi connectivity index (χ3v) is 3.30. The van der Waals surface area contributed by atoms with E-state index in [4.69, 9.17) is 23.2 Å². The van der Waals surface area contributed by atoms with Gasteiger partial charge in [-0.3, -0.25) is 4.79 Å². The number of benzene rings is 1. The first-order valence-electron chi connectivity index (χ1n) is 4.94. The van der Waals surface area contributed by atoms with E-state index in [0.717, 1.165) is 0 Å². The van der Waals surface area contributed by atoms with E-state index >= 15 is 0 Å². The summed E-state index contributed by atoms with van der Waals surface area (Å²) in [6.07, 6.45) is 0.596. The van der Waals surface area contributed by atoms with Crippen LogP contribution >= 0.6 is 23.2 Å². The third kappa shape index (κ3) is 3.00. The summed E-state index contributed by atoms with van der Waals surface area (Å²) in [5.41, 5.74) is -1.04. The molecule has 1 aliphatic rings. The number of hydrogen-bond donors (Lipinski definition) is 1.